The summed E-state index contributed by atoms with van der Waals surface area (Å²) in [6.07, 6.45) is 0. The second kappa shape index (κ2) is 13.3. The quantitative estimate of drug-likeness (QED) is 0.106. The Hall–Kier alpha value is -4.54. The van der Waals surface area contributed by atoms with Crippen LogP contribution < -0.4 is 41.0 Å². The van der Waals surface area contributed by atoms with Crippen LogP contribution in [-0.4, -0.2) is 25.9 Å². The maximum absolute atomic E-state index is 11.9. The summed E-state index contributed by atoms with van der Waals surface area (Å²) in [7, 11) is -9.57. The second-order valence-corrected chi connectivity index (χ2v) is 12.8. The zero-order chi connectivity index (χ0) is 32.6. The SMILES string of the molecule is Nc1c(N=Nc2ccc(-c3ccc(N=Nc4cc(S(=O)(=O)[O-])c5ccccc5c4N)cc3)cc2)cc(S(=O)(=O)[O-])c2ccccc12.[Na+]. The van der Waals surface area contributed by atoms with E-state index in [-0.39, 0.29) is 63.1 Å². The molecule has 6 aromatic carbocycles. The molecule has 47 heavy (non-hydrogen) atoms. The third kappa shape index (κ3) is 7.08. The molecule has 0 bridgehead atoms. The molecule has 0 radical (unpaired) electrons. The van der Waals surface area contributed by atoms with Crippen molar-refractivity contribution in [3.63, 3.8) is 0 Å². The molecular formula is C32H22N6NaO6S2-. The van der Waals surface area contributed by atoms with Crippen LogP contribution in [0.5, 0.6) is 0 Å². The smallest absolute Gasteiger partial charge is 0.744 e. The number of nitrogen functional groups attached to an aromatic ring is 2. The molecule has 0 aliphatic heterocycles. The van der Waals surface area contributed by atoms with Crippen LogP contribution in [0, 0.1) is 0 Å². The average Bonchev–Trinajstić information content (AvgIpc) is 3.04. The molecule has 0 atom stereocenters. The van der Waals surface area contributed by atoms with Crippen molar-refractivity contribution < 1.29 is 55.5 Å². The van der Waals surface area contributed by atoms with Gasteiger partial charge in [0.25, 0.3) is 0 Å². The molecule has 6 aromatic rings. The molecule has 0 aliphatic rings. The number of hydrogen-bond donors (Lipinski definition) is 2. The van der Waals surface area contributed by atoms with Crippen LogP contribution in [0.25, 0.3) is 32.7 Å². The van der Waals surface area contributed by atoms with Gasteiger partial charge in [-0.3, -0.25) is 0 Å². The summed E-state index contributed by atoms with van der Waals surface area (Å²) in [5.74, 6) is 0. The van der Waals surface area contributed by atoms with Gasteiger partial charge in [0, 0.05) is 21.5 Å². The molecule has 6 rings (SSSR count). The topological polar surface area (TPSA) is 216 Å². The van der Waals surface area contributed by atoms with Gasteiger partial charge in [0.2, 0.25) is 0 Å². The van der Waals surface area contributed by atoms with Crippen molar-refractivity contribution in [1.82, 2.24) is 0 Å². The fraction of sp³-hybridized carbons (Fsp3) is 0. The van der Waals surface area contributed by atoms with Crippen LogP contribution in [0.2, 0.25) is 0 Å². The first-order chi connectivity index (χ1) is 21.9. The van der Waals surface area contributed by atoms with Gasteiger partial charge in [0.1, 0.15) is 31.6 Å². The van der Waals surface area contributed by atoms with E-state index < -0.39 is 30.0 Å². The van der Waals surface area contributed by atoms with Crippen LogP contribution in [0.4, 0.5) is 34.1 Å². The summed E-state index contributed by atoms with van der Waals surface area (Å²) in [5, 5.41) is 17.8. The van der Waals surface area contributed by atoms with Crippen molar-refractivity contribution in [2.24, 2.45) is 20.5 Å². The van der Waals surface area contributed by atoms with E-state index in [4.69, 9.17) is 11.5 Å². The molecule has 15 heteroatoms. The Kier molecular flexibility index (Phi) is 9.56. The first-order valence-corrected chi connectivity index (χ1v) is 16.3. The number of hydrogen-bond acceptors (Lipinski definition) is 12. The van der Waals surface area contributed by atoms with Gasteiger partial charge in [-0.15, -0.1) is 10.2 Å². The number of anilines is 2. The van der Waals surface area contributed by atoms with Gasteiger partial charge in [-0.2, -0.15) is 10.2 Å². The summed E-state index contributed by atoms with van der Waals surface area (Å²) in [5.41, 5.74) is 15.5. The van der Waals surface area contributed by atoms with Crippen LogP contribution in [-0.2, 0) is 20.2 Å². The third-order valence-electron chi connectivity index (χ3n) is 7.21. The van der Waals surface area contributed by atoms with Crippen molar-refractivity contribution in [1.29, 1.82) is 0 Å². The summed E-state index contributed by atoms with van der Waals surface area (Å²) in [4.78, 5) is -0.851. The number of nitrogens with two attached hydrogens (primary N) is 2. The summed E-state index contributed by atoms with van der Waals surface area (Å²) in [6.45, 7) is 0. The number of fused-ring (bicyclic) bond motifs is 2. The Morgan fingerprint density at radius 1 is 0.468 bits per heavy atom. The number of rotatable bonds is 7. The van der Waals surface area contributed by atoms with E-state index in [2.05, 4.69) is 20.5 Å². The monoisotopic (exact) mass is 673 g/mol. The van der Waals surface area contributed by atoms with Crippen LogP contribution in [0.1, 0.15) is 0 Å². The molecule has 0 aliphatic carbocycles. The molecule has 230 valence electrons. The van der Waals surface area contributed by atoms with E-state index in [9.17, 15) is 25.9 Å². The Balaban J connectivity index is 0.00000433. The fourth-order valence-electron chi connectivity index (χ4n) is 4.94. The molecule has 4 N–H and O–H groups in total. The standard InChI is InChI=1S/C32H24N6O6S2.Na/c33-31-25-7-3-1-5-23(25)29(45(39,40)41)17-27(31)37-35-21-13-9-19(10-14-21)20-11-15-22(16-12-20)36-38-28-18-30(46(42,43)44)24-6-2-4-8-26(24)32(28)34;/h1-18H,33-34H2,(H,39,40,41)(H,42,43,44);/q;+1/p-2. The van der Waals surface area contributed by atoms with Crippen molar-refractivity contribution in [2.75, 3.05) is 11.5 Å². The molecular weight excluding hydrogens is 652 g/mol. The summed E-state index contributed by atoms with van der Waals surface area (Å²) >= 11 is 0. The van der Waals surface area contributed by atoms with Gasteiger partial charge in [-0.05, 0) is 47.5 Å². The number of benzene rings is 6. The van der Waals surface area contributed by atoms with E-state index in [0.717, 1.165) is 23.3 Å². The van der Waals surface area contributed by atoms with Gasteiger partial charge >= 0.3 is 29.6 Å². The van der Waals surface area contributed by atoms with E-state index in [1.165, 1.54) is 12.1 Å². The van der Waals surface area contributed by atoms with Crippen LogP contribution >= 0.6 is 0 Å². The minimum atomic E-state index is -4.78. The fourth-order valence-corrected chi connectivity index (χ4v) is 6.35. The van der Waals surface area contributed by atoms with Gasteiger partial charge in [-0.25, -0.2) is 16.8 Å². The minimum absolute atomic E-state index is 0. The maximum Gasteiger partial charge on any atom is 1.00 e. The number of azo groups is 2. The molecule has 0 spiro atoms. The predicted octanol–water partition coefficient (Wildman–Crippen LogP) is 4.47. The molecule has 0 unspecified atom stereocenters. The molecule has 12 nitrogen and oxygen atoms in total. The predicted molar refractivity (Wildman–Crippen MR) is 173 cm³/mol. The zero-order valence-electron chi connectivity index (χ0n) is 24.6. The summed E-state index contributed by atoms with van der Waals surface area (Å²) in [6, 6.07) is 29.1. The van der Waals surface area contributed by atoms with Gasteiger partial charge < -0.3 is 20.6 Å². The minimum Gasteiger partial charge on any atom is -0.744 e. The Morgan fingerprint density at radius 2 is 0.787 bits per heavy atom. The first-order valence-electron chi connectivity index (χ1n) is 13.5. The maximum atomic E-state index is 11.9. The van der Waals surface area contributed by atoms with E-state index in [1.807, 2.05) is 24.3 Å². The molecule has 0 amide bonds. The largest absolute Gasteiger partial charge is 1.00 e. The van der Waals surface area contributed by atoms with Gasteiger partial charge in [-0.1, -0.05) is 72.8 Å². The van der Waals surface area contributed by atoms with Crippen molar-refractivity contribution >= 4 is 75.9 Å². The van der Waals surface area contributed by atoms with Crippen molar-refractivity contribution in [3.05, 3.63) is 109 Å². The van der Waals surface area contributed by atoms with Gasteiger partial charge in [0.05, 0.1) is 32.5 Å². The number of nitrogens with zero attached hydrogens (tertiary/aromatic N) is 4. The zero-order valence-corrected chi connectivity index (χ0v) is 28.2. The normalized spacial score (nSPS) is 12.2. The Morgan fingerprint density at radius 3 is 1.11 bits per heavy atom. The average molecular weight is 674 g/mol. The van der Waals surface area contributed by atoms with Crippen LogP contribution in [0.3, 0.4) is 0 Å². The molecule has 0 saturated carbocycles. The molecule has 0 aromatic heterocycles. The van der Waals surface area contributed by atoms with Crippen molar-refractivity contribution in [2.45, 2.75) is 9.79 Å². The van der Waals surface area contributed by atoms with E-state index in [1.54, 1.807) is 60.7 Å². The Labute approximate surface area is 291 Å². The second-order valence-electron chi connectivity index (χ2n) is 10.1. The first kappa shape index (κ1) is 33.8. The van der Waals surface area contributed by atoms with Crippen molar-refractivity contribution in [3.8, 4) is 11.1 Å². The van der Waals surface area contributed by atoms with Crippen LogP contribution in [0.15, 0.2) is 139 Å². The molecule has 0 fully saturated rings. The Bertz CT molecular complexity index is 2260. The van der Waals surface area contributed by atoms with E-state index in [0.29, 0.717) is 22.1 Å². The van der Waals surface area contributed by atoms with Gasteiger partial charge in [0.15, 0.2) is 0 Å². The van der Waals surface area contributed by atoms with E-state index >= 15 is 0 Å². The molecule has 0 saturated heterocycles. The molecule has 0 heterocycles. The third-order valence-corrected chi connectivity index (χ3v) is 8.96. The summed E-state index contributed by atoms with van der Waals surface area (Å²) < 4.78 is 71.2.